The number of aromatic nitrogens is 6. The molecule has 0 spiro atoms. The Kier molecular flexibility index (Phi) is 10.7. The highest BCUT2D eigenvalue weighted by Gasteiger charge is 2.22. The minimum atomic E-state index is -0.211. The van der Waals surface area contributed by atoms with Gasteiger partial charge >= 0.3 is 0 Å². The van der Waals surface area contributed by atoms with Crippen LogP contribution in [0.3, 0.4) is 0 Å². The highest BCUT2D eigenvalue weighted by Crippen LogP contribution is 2.28. The molecule has 51 heavy (non-hydrogen) atoms. The lowest BCUT2D eigenvalue weighted by Gasteiger charge is -2.32. The molecule has 0 aliphatic carbocycles. The summed E-state index contributed by atoms with van der Waals surface area (Å²) in [4.78, 5) is 23.4. The number of fused-ring (bicyclic) bond motifs is 2. The fourth-order valence-corrected chi connectivity index (χ4v) is 7.13. The van der Waals surface area contributed by atoms with Gasteiger partial charge in [-0.3, -0.25) is 17.6 Å². The summed E-state index contributed by atoms with van der Waals surface area (Å²) in [6.07, 6.45) is 13.6. The van der Waals surface area contributed by atoms with E-state index >= 15 is 0 Å². The number of alkyl halides is 2. The average Bonchev–Trinajstić information content (AvgIpc) is 3.80. The van der Waals surface area contributed by atoms with Crippen LogP contribution < -0.4 is 14.5 Å². The Hall–Kier alpha value is -5.06. The average molecular weight is 693 g/mol. The first-order valence-corrected chi connectivity index (χ1v) is 18.0. The molecule has 9 nitrogen and oxygen atoms in total. The number of imidazole rings is 2. The maximum absolute atomic E-state index is 12.5. The number of ether oxygens (including phenoxy) is 1. The van der Waals surface area contributed by atoms with Crippen molar-refractivity contribution in [2.75, 3.05) is 56.4 Å². The zero-order chi connectivity index (χ0) is 35.2. The van der Waals surface area contributed by atoms with E-state index in [-0.39, 0.29) is 13.3 Å². The van der Waals surface area contributed by atoms with Gasteiger partial charge in [0.05, 0.1) is 31.8 Å². The van der Waals surface area contributed by atoms with Gasteiger partial charge in [0.1, 0.15) is 17.4 Å². The minimum Gasteiger partial charge on any atom is -0.497 e. The highest BCUT2D eigenvalue weighted by atomic mass is 19.1. The third kappa shape index (κ3) is 8.13. The molecule has 8 rings (SSSR count). The third-order valence-corrected chi connectivity index (χ3v) is 10.2. The number of benzene rings is 2. The first kappa shape index (κ1) is 34.4. The van der Waals surface area contributed by atoms with Gasteiger partial charge in [-0.25, -0.2) is 9.97 Å². The molecule has 11 heteroatoms. The molecule has 0 atom stereocenters. The van der Waals surface area contributed by atoms with E-state index in [1.54, 1.807) is 7.11 Å². The molecule has 2 aliphatic heterocycles. The second-order valence-electron chi connectivity index (χ2n) is 13.7. The van der Waals surface area contributed by atoms with Crippen molar-refractivity contribution in [2.24, 2.45) is 11.8 Å². The van der Waals surface area contributed by atoms with E-state index in [2.05, 4.69) is 46.0 Å². The van der Waals surface area contributed by atoms with Crippen molar-refractivity contribution in [3.05, 3.63) is 91.0 Å². The standard InChI is InChI=1S/C20H23FN4O.C20H23FN4/c1-26-17-4-2-16(3-5-17)18-14-25-13-9-19(23-20(25)22-18)24-11-7-15(6-10-21)8-12-24;1-15-3-2-4-17(13-15)18-14-25-12-8-19(23-20(25)22-18)24-10-6-16(5-9-21)7-11-24/h2-5,9,13-15H,6-8,10-12H2,1H3;2-4,8,12-14,16H,5-7,9-11H2,1H3. The Morgan fingerprint density at radius 3 is 1.63 bits per heavy atom. The van der Waals surface area contributed by atoms with Gasteiger partial charge in [0.15, 0.2) is 0 Å². The summed E-state index contributed by atoms with van der Waals surface area (Å²) in [7, 11) is 1.66. The maximum Gasteiger partial charge on any atom is 0.236 e. The SMILES string of the molecule is COc1ccc(-c2cn3ccc(N4CCC(CCF)CC4)nc3n2)cc1.Cc1cccc(-c2cn3ccc(N4CCC(CCF)CC4)nc3n2)c1. The summed E-state index contributed by atoms with van der Waals surface area (Å²) < 4.78 is 34.1. The van der Waals surface area contributed by atoms with Gasteiger partial charge in [0, 0.05) is 62.1 Å². The molecule has 0 unspecified atom stereocenters. The van der Waals surface area contributed by atoms with Crippen LogP contribution in [-0.4, -0.2) is 75.4 Å². The molecule has 6 heterocycles. The van der Waals surface area contributed by atoms with E-state index in [1.807, 2.05) is 70.0 Å². The predicted molar refractivity (Wildman–Crippen MR) is 199 cm³/mol. The van der Waals surface area contributed by atoms with Crippen LogP contribution >= 0.6 is 0 Å². The molecule has 0 N–H and O–H groups in total. The second-order valence-corrected chi connectivity index (χ2v) is 13.7. The summed E-state index contributed by atoms with van der Waals surface area (Å²) >= 11 is 0. The fraction of sp³-hybridized carbons (Fsp3) is 0.400. The Bertz CT molecular complexity index is 2030. The van der Waals surface area contributed by atoms with E-state index in [4.69, 9.17) is 19.7 Å². The first-order chi connectivity index (χ1) is 25.0. The van der Waals surface area contributed by atoms with Crippen LogP contribution in [0, 0.1) is 18.8 Å². The van der Waals surface area contributed by atoms with Gasteiger partial charge in [-0.1, -0.05) is 23.8 Å². The summed E-state index contributed by atoms with van der Waals surface area (Å²) in [6, 6.07) is 20.3. The molecular weight excluding hydrogens is 646 g/mol. The second kappa shape index (κ2) is 15.9. The largest absolute Gasteiger partial charge is 0.497 e. The van der Waals surface area contributed by atoms with E-state index in [9.17, 15) is 8.78 Å². The van der Waals surface area contributed by atoms with Crippen molar-refractivity contribution < 1.29 is 13.5 Å². The molecule has 6 aromatic rings. The Morgan fingerprint density at radius 1 is 0.647 bits per heavy atom. The van der Waals surface area contributed by atoms with Gasteiger partial charge in [-0.05, 0) is 99.7 Å². The van der Waals surface area contributed by atoms with E-state index < -0.39 is 0 Å². The summed E-state index contributed by atoms with van der Waals surface area (Å²) in [5.41, 5.74) is 5.19. The van der Waals surface area contributed by atoms with Crippen LogP contribution in [0.15, 0.2) is 85.5 Å². The number of methoxy groups -OCH3 is 1. The lowest BCUT2D eigenvalue weighted by molar-refractivity contribution is 0.331. The number of anilines is 2. The molecule has 0 saturated carbocycles. The molecule has 2 saturated heterocycles. The molecule has 0 bridgehead atoms. The molecule has 4 aromatic heterocycles. The smallest absolute Gasteiger partial charge is 0.236 e. The van der Waals surface area contributed by atoms with Gasteiger partial charge in [-0.15, -0.1) is 0 Å². The summed E-state index contributed by atoms with van der Waals surface area (Å²) in [5.74, 6) is 5.18. The molecule has 266 valence electrons. The minimum absolute atomic E-state index is 0.204. The van der Waals surface area contributed by atoms with Crippen LogP contribution in [0.4, 0.5) is 20.4 Å². The van der Waals surface area contributed by atoms with E-state index in [1.165, 1.54) is 5.56 Å². The zero-order valence-corrected chi connectivity index (χ0v) is 29.5. The molecule has 0 radical (unpaired) electrons. The predicted octanol–water partition coefficient (Wildman–Crippen LogP) is 8.26. The molecule has 2 fully saturated rings. The Labute approximate surface area is 298 Å². The van der Waals surface area contributed by atoms with Gasteiger partial charge < -0.3 is 14.5 Å². The lowest BCUT2D eigenvalue weighted by Crippen LogP contribution is -2.34. The van der Waals surface area contributed by atoms with Crippen molar-refractivity contribution in [1.82, 2.24) is 28.7 Å². The molecule has 2 aliphatic rings. The normalized spacial score (nSPS) is 15.7. The number of piperidine rings is 2. The molecular formula is C40H46F2N8O. The highest BCUT2D eigenvalue weighted by molar-refractivity contribution is 5.64. The van der Waals surface area contributed by atoms with Crippen LogP contribution in [0.1, 0.15) is 44.1 Å². The first-order valence-electron chi connectivity index (χ1n) is 18.0. The monoisotopic (exact) mass is 692 g/mol. The van der Waals surface area contributed by atoms with E-state index in [0.29, 0.717) is 30.5 Å². The molecule has 0 amide bonds. The van der Waals surface area contributed by atoms with Crippen molar-refractivity contribution >= 4 is 23.2 Å². The number of hydrogen-bond donors (Lipinski definition) is 0. The summed E-state index contributed by atoms with van der Waals surface area (Å²) in [5, 5.41) is 0. The Balaban J connectivity index is 0.000000159. The number of rotatable bonds is 9. The van der Waals surface area contributed by atoms with E-state index in [0.717, 1.165) is 97.5 Å². The van der Waals surface area contributed by atoms with Crippen molar-refractivity contribution in [3.8, 4) is 28.3 Å². The van der Waals surface area contributed by atoms with Gasteiger partial charge in [0.2, 0.25) is 11.6 Å². The van der Waals surface area contributed by atoms with Crippen LogP contribution in [0.5, 0.6) is 5.75 Å². The zero-order valence-electron chi connectivity index (χ0n) is 29.5. The Morgan fingerprint density at radius 2 is 1.16 bits per heavy atom. The molecule has 2 aromatic carbocycles. The van der Waals surface area contributed by atoms with Crippen LogP contribution in [0.25, 0.3) is 34.1 Å². The number of aryl methyl sites for hydroxylation is 1. The van der Waals surface area contributed by atoms with Gasteiger partial charge in [-0.2, -0.15) is 9.97 Å². The summed E-state index contributed by atoms with van der Waals surface area (Å²) in [6.45, 7) is 5.42. The van der Waals surface area contributed by atoms with Crippen molar-refractivity contribution in [1.29, 1.82) is 0 Å². The van der Waals surface area contributed by atoms with Gasteiger partial charge in [0.25, 0.3) is 0 Å². The van der Waals surface area contributed by atoms with Crippen molar-refractivity contribution in [3.63, 3.8) is 0 Å². The quantitative estimate of drug-likeness (QED) is 0.151. The topological polar surface area (TPSA) is 76.1 Å². The lowest BCUT2D eigenvalue weighted by atomic mass is 9.94. The fourth-order valence-electron chi connectivity index (χ4n) is 7.13. The van der Waals surface area contributed by atoms with Crippen molar-refractivity contribution in [2.45, 2.75) is 45.4 Å². The number of halogens is 2. The number of nitrogens with zero attached hydrogens (tertiary/aromatic N) is 8. The third-order valence-electron chi connectivity index (χ3n) is 10.2. The number of hydrogen-bond acceptors (Lipinski definition) is 7. The van der Waals surface area contributed by atoms with Crippen LogP contribution in [-0.2, 0) is 0 Å². The maximum atomic E-state index is 12.5. The van der Waals surface area contributed by atoms with Crippen LogP contribution in [0.2, 0.25) is 0 Å².